The molecule has 3 nitrogen and oxygen atoms in total. The monoisotopic (exact) mass is 301 g/mol. The Bertz CT molecular complexity index is 578. The standard InChI is InChI=1S/C17H19NO2S/c19-16(15-8-9-21-12-15)11-18(17(20)14-6-7-14)10-13-4-2-1-3-5-13/h1-5,8-9,12,14,16,19H,6-7,10-11H2. The number of aliphatic hydroxyl groups excluding tert-OH is 1. The van der Waals surface area contributed by atoms with E-state index in [1.807, 2.05) is 47.2 Å². The van der Waals surface area contributed by atoms with Crippen LogP contribution in [0.2, 0.25) is 0 Å². The maximum absolute atomic E-state index is 12.4. The van der Waals surface area contributed by atoms with E-state index in [-0.39, 0.29) is 11.8 Å². The largest absolute Gasteiger partial charge is 0.387 e. The smallest absolute Gasteiger partial charge is 0.226 e. The summed E-state index contributed by atoms with van der Waals surface area (Å²) < 4.78 is 0. The Hall–Kier alpha value is -1.65. The van der Waals surface area contributed by atoms with Gasteiger partial charge in [-0.2, -0.15) is 11.3 Å². The van der Waals surface area contributed by atoms with Gasteiger partial charge in [0.25, 0.3) is 0 Å². The number of benzene rings is 1. The van der Waals surface area contributed by atoms with Gasteiger partial charge in [0.1, 0.15) is 0 Å². The highest BCUT2D eigenvalue weighted by molar-refractivity contribution is 7.07. The predicted molar refractivity (Wildman–Crippen MR) is 83.9 cm³/mol. The Morgan fingerprint density at radius 2 is 2.05 bits per heavy atom. The molecule has 110 valence electrons. The molecule has 1 atom stereocenters. The molecule has 1 heterocycles. The van der Waals surface area contributed by atoms with E-state index in [4.69, 9.17) is 0 Å². The Kier molecular flexibility index (Phi) is 4.36. The lowest BCUT2D eigenvalue weighted by Gasteiger charge is -2.25. The topological polar surface area (TPSA) is 40.5 Å². The maximum atomic E-state index is 12.4. The molecule has 1 aromatic heterocycles. The quantitative estimate of drug-likeness (QED) is 0.890. The second-order valence-electron chi connectivity index (χ2n) is 5.55. The van der Waals surface area contributed by atoms with E-state index in [9.17, 15) is 9.90 Å². The molecule has 2 aromatic rings. The highest BCUT2D eigenvalue weighted by atomic mass is 32.1. The average Bonchev–Trinajstić information content (AvgIpc) is 3.21. The van der Waals surface area contributed by atoms with Gasteiger partial charge in [0, 0.05) is 12.5 Å². The molecule has 4 heteroatoms. The van der Waals surface area contributed by atoms with Crippen LogP contribution in [-0.2, 0) is 11.3 Å². The summed E-state index contributed by atoms with van der Waals surface area (Å²) in [5, 5.41) is 14.2. The van der Waals surface area contributed by atoms with Gasteiger partial charge in [0.15, 0.2) is 0 Å². The first-order valence-electron chi connectivity index (χ1n) is 7.27. The molecule has 1 fully saturated rings. The van der Waals surface area contributed by atoms with Gasteiger partial charge in [0.2, 0.25) is 5.91 Å². The van der Waals surface area contributed by atoms with E-state index < -0.39 is 6.10 Å². The van der Waals surface area contributed by atoms with Crippen molar-refractivity contribution in [3.05, 3.63) is 58.3 Å². The third kappa shape index (κ3) is 3.71. The van der Waals surface area contributed by atoms with Crippen molar-refractivity contribution in [2.45, 2.75) is 25.5 Å². The Morgan fingerprint density at radius 3 is 2.67 bits per heavy atom. The zero-order valence-corrected chi connectivity index (χ0v) is 12.6. The molecule has 0 spiro atoms. The fraction of sp³-hybridized carbons (Fsp3) is 0.353. The van der Waals surface area contributed by atoms with Crippen LogP contribution in [0.15, 0.2) is 47.2 Å². The van der Waals surface area contributed by atoms with E-state index in [0.717, 1.165) is 24.0 Å². The molecule has 1 aliphatic rings. The second kappa shape index (κ2) is 6.41. The molecule has 0 bridgehead atoms. The number of carbonyl (C=O) groups is 1. The molecule has 1 aliphatic carbocycles. The lowest BCUT2D eigenvalue weighted by molar-refractivity contribution is -0.134. The minimum absolute atomic E-state index is 0.170. The summed E-state index contributed by atoms with van der Waals surface area (Å²) in [4.78, 5) is 14.2. The fourth-order valence-corrected chi connectivity index (χ4v) is 3.11. The molecule has 1 aromatic carbocycles. The Labute approximate surface area is 128 Å². The number of nitrogens with zero attached hydrogens (tertiary/aromatic N) is 1. The minimum Gasteiger partial charge on any atom is -0.387 e. The number of hydrogen-bond acceptors (Lipinski definition) is 3. The zero-order valence-electron chi connectivity index (χ0n) is 11.8. The minimum atomic E-state index is -0.609. The SMILES string of the molecule is O=C(C1CC1)N(Cc1ccccc1)CC(O)c1ccsc1. The van der Waals surface area contributed by atoms with Gasteiger partial charge < -0.3 is 10.0 Å². The summed E-state index contributed by atoms with van der Waals surface area (Å²) in [5.41, 5.74) is 1.99. The van der Waals surface area contributed by atoms with Crippen LogP contribution in [0.4, 0.5) is 0 Å². The van der Waals surface area contributed by atoms with Crippen molar-refractivity contribution in [2.75, 3.05) is 6.54 Å². The molecule has 0 aliphatic heterocycles. The van der Waals surface area contributed by atoms with Gasteiger partial charge in [-0.05, 0) is 40.8 Å². The molecule has 1 N–H and O–H groups in total. The predicted octanol–water partition coefficient (Wildman–Crippen LogP) is 3.22. The summed E-state index contributed by atoms with van der Waals surface area (Å²) in [5.74, 6) is 0.344. The molecule has 1 unspecified atom stereocenters. The molecular formula is C17H19NO2S. The molecule has 1 saturated carbocycles. The van der Waals surface area contributed by atoms with Crippen molar-refractivity contribution < 1.29 is 9.90 Å². The third-order valence-corrected chi connectivity index (χ3v) is 4.48. The number of thiophene rings is 1. The summed E-state index contributed by atoms with van der Waals surface area (Å²) in [6, 6.07) is 11.9. The normalized spacial score (nSPS) is 15.7. The van der Waals surface area contributed by atoms with Crippen LogP contribution in [0, 0.1) is 5.92 Å². The molecule has 1 amide bonds. The highest BCUT2D eigenvalue weighted by Crippen LogP contribution is 2.32. The van der Waals surface area contributed by atoms with E-state index in [1.54, 1.807) is 16.2 Å². The number of rotatable bonds is 6. The summed E-state index contributed by atoms with van der Waals surface area (Å²) in [7, 11) is 0. The van der Waals surface area contributed by atoms with E-state index >= 15 is 0 Å². The van der Waals surface area contributed by atoms with Crippen LogP contribution in [-0.4, -0.2) is 22.5 Å². The Balaban J connectivity index is 1.71. The molecule has 21 heavy (non-hydrogen) atoms. The van der Waals surface area contributed by atoms with Crippen molar-refractivity contribution in [3.63, 3.8) is 0 Å². The first-order chi connectivity index (χ1) is 10.2. The number of hydrogen-bond donors (Lipinski definition) is 1. The van der Waals surface area contributed by atoms with Crippen molar-refractivity contribution in [1.82, 2.24) is 4.90 Å². The first kappa shape index (κ1) is 14.3. The lowest BCUT2D eigenvalue weighted by atomic mass is 10.1. The van der Waals surface area contributed by atoms with Crippen LogP contribution >= 0.6 is 11.3 Å². The number of amides is 1. The van der Waals surface area contributed by atoms with Gasteiger partial charge in [-0.1, -0.05) is 30.3 Å². The van der Waals surface area contributed by atoms with Crippen LogP contribution < -0.4 is 0 Å². The van der Waals surface area contributed by atoms with Crippen molar-refractivity contribution in [2.24, 2.45) is 5.92 Å². The summed E-state index contributed by atoms with van der Waals surface area (Å²) in [6.45, 7) is 0.929. The van der Waals surface area contributed by atoms with Gasteiger partial charge in [-0.3, -0.25) is 4.79 Å². The fourth-order valence-electron chi connectivity index (χ4n) is 2.40. The summed E-state index contributed by atoms with van der Waals surface area (Å²) in [6.07, 6.45) is 1.36. The maximum Gasteiger partial charge on any atom is 0.226 e. The number of carbonyl (C=O) groups excluding carboxylic acids is 1. The Morgan fingerprint density at radius 1 is 1.29 bits per heavy atom. The van der Waals surface area contributed by atoms with Gasteiger partial charge in [-0.25, -0.2) is 0 Å². The van der Waals surface area contributed by atoms with Crippen LogP contribution in [0.1, 0.15) is 30.1 Å². The van der Waals surface area contributed by atoms with Gasteiger partial charge in [-0.15, -0.1) is 0 Å². The zero-order chi connectivity index (χ0) is 14.7. The van der Waals surface area contributed by atoms with Crippen molar-refractivity contribution >= 4 is 17.2 Å². The van der Waals surface area contributed by atoms with Gasteiger partial charge in [0.05, 0.1) is 12.6 Å². The van der Waals surface area contributed by atoms with Crippen molar-refractivity contribution in [1.29, 1.82) is 0 Å². The molecule has 3 rings (SSSR count). The molecule has 0 saturated heterocycles. The number of aliphatic hydroxyl groups is 1. The summed E-state index contributed by atoms with van der Waals surface area (Å²) >= 11 is 1.56. The first-order valence-corrected chi connectivity index (χ1v) is 8.21. The van der Waals surface area contributed by atoms with Crippen LogP contribution in [0.3, 0.4) is 0 Å². The molecule has 0 radical (unpaired) electrons. The van der Waals surface area contributed by atoms with Crippen molar-refractivity contribution in [3.8, 4) is 0 Å². The molecular weight excluding hydrogens is 282 g/mol. The highest BCUT2D eigenvalue weighted by Gasteiger charge is 2.34. The van der Waals surface area contributed by atoms with E-state index in [1.165, 1.54) is 0 Å². The van der Waals surface area contributed by atoms with Crippen LogP contribution in [0.5, 0.6) is 0 Å². The van der Waals surface area contributed by atoms with E-state index in [0.29, 0.717) is 13.1 Å². The third-order valence-electron chi connectivity index (χ3n) is 3.78. The van der Waals surface area contributed by atoms with Gasteiger partial charge >= 0.3 is 0 Å². The average molecular weight is 301 g/mol. The second-order valence-corrected chi connectivity index (χ2v) is 6.33. The lowest BCUT2D eigenvalue weighted by Crippen LogP contribution is -2.35. The van der Waals surface area contributed by atoms with E-state index in [2.05, 4.69) is 0 Å². The van der Waals surface area contributed by atoms with Crippen LogP contribution in [0.25, 0.3) is 0 Å².